The molecule has 1 fully saturated rings. The van der Waals surface area contributed by atoms with E-state index < -0.39 is 29.5 Å². The highest BCUT2D eigenvalue weighted by Crippen LogP contribution is 2.44. The van der Waals surface area contributed by atoms with Gasteiger partial charge in [0.25, 0.3) is 0 Å². The van der Waals surface area contributed by atoms with Crippen molar-refractivity contribution in [1.82, 2.24) is 0 Å². The van der Waals surface area contributed by atoms with Gasteiger partial charge in [0.2, 0.25) is 0 Å². The summed E-state index contributed by atoms with van der Waals surface area (Å²) >= 11 is 1.46. The second-order valence-corrected chi connectivity index (χ2v) is 12.6. The van der Waals surface area contributed by atoms with Crippen LogP contribution in [0.1, 0.15) is 86.5 Å². The number of methoxy groups -OCH3 is 1. The number of hydrogen-bond donors (Lipinski definition) is 3. The first-order chi connectivity index (χ1) is 19.1. The molecule has 6 atom stereocenters. The summed E-state index contributed by atoms with van der Waals surface area (Å²) in [6.45, 7) is 18.6. The van der Waals surface area contributed by atoms with Gasteiger partial charge in [0.15, 0.2) is 0 Å². The molecule has 234 valence electrons. The zero-order valence-corrected chi connectivity index (χ0v) is 27.4. The zero-order valence-electron chi connectivity index (χ0n) is 26.6. The predicted octanol–water partition coefficient (Wildman–Crippen LogP) is 6.84. The van der Waals surface area contributed by atoms with Crippen LogP contribution in [0.4, 0.5) is 0 Å². The molecule has 41 heavy (non-hydrogen) atoms. The van der Waals surface area contributed by atoms with Gasteiger partial charge in [0, 0.05) is 5.92 Å². The fourth-order valence-corrected chi connectivity index (χ4v) is 4.75. The molecule has 0 radical (unpaired) electrons. The summed E-state index contributed by atoms with van der Waals surface area (Å²) in [6, 6.07) is 0. The highest BCUT2D eigenvalue weighted by Gasteiger charge is 2.51. The average molecular weight is 594 g/mol. The van der Waals surface area contributed by atoms with Crippen molar-refractivity contribution in [2.45, 2.75) is 110 Å². The molecule has 1 saturated heterocycles. The third kappa shape index (κ3) is 13.7. The largest absolute Gasteiger partial charge is 0.469 e. The minimum Gasteiger partial charge on any atom is -0.469 e. The van der Waals surface area contributed by atoms with Gasteiger partial charge in [-0.15, -0.1) is 18.3 Å². The van der Waals surface area contributed by atoms with E-state index in [4.69, 9.17) is 10.1 Å². The Labute approximate surface area is 253 Å². The molecule has 1 heterocycles. The van der Waals surface area contributed by atoms with Crippen molar-refractivity contribution in [3.05, 3.63) is 49.1 Å². The van der Waals surface area contributed by atoms with Crippen molar-refractivity contribution in [1.29, 1.82) is 5.41 Å². The Morgan fingerprint density at radius 2 is 1.88 bits per heavy atom. The van der Waals surface area contributed by atoms with E-state index in [1.807, 2.05) is 26.2 Å². The number of epoxide rings is 1. The van der Waals surface area contributed by atoms with Gasteiger partial charge in [-0.05, 0) is 65.0 Å². The van der Waals surface area contributed by atoms with E-state index in [1.165, 1.54) is 24.4 Å². The van der Waals surface area contributed by atoms with Crippen molar-refractivity contribution in [3.63, 3.8) is 0 Å². The van der Waals surface area contributed by atoms with Crippen molar-refractivity contribution in [2.75, 3.05) is 13.4 Å². The normalized spacial score (nSPS) is 21.6. The second-order valence-electron chi connectivity index (χ2n) is 11.5. The minimum absolute atomic E-state index is 0.119. The number of Topliss-reactive ketones (excluding diaryl/α,β-unsaturated/α-hetero) is 1. The van der Waals surface area contributed by atoms with E-state index in [0.29, 0.717) is 11.5 Å². The summed E-state index contributed by atoms with van der Waals surface area (Å²) < 4.78 is 10.6. The Morgan fingerprint density at radius 1 is 1.27 bits per heavy atom. The van der Waals surface area contributed by atoms with Crippen LogP contribution >= 0.6 is 11.8 Å². The van der Waals surface area contributed by atoms with Gasteiger partial charge in [-0.2, -0.15) is 0 Å². The molecule has 6 unspecified atom stereocenters. The maximum Gasteiger partial charge on any atom is 0.308 e. The SMILES string of the molecule is C=C/C=C\C(=C/C)CCC1OC1(C)CCCC(C)C(O)C(CC=C)C(=O)C(C)(C)C(O)CC(=O)OC.CSC(C)=N. The van der Waals surface area contributed by atoms with Gasteiger partial charge in [-0.1, -0.05) is 69.7 Å². The smallest absolute Gasteiger partial charge is 0.308 e. The summed E-state index contributed by atoms with van der Waals surface area (Å²) in [5, 5.41) is 29.0. The Hall–Kier alpha value is -2.00. The van der Waals surface area contributed by atoms with E-state index in [2.05, 4.69) is 37.0 Å². The van der Waals surface area contributed by atoms with Gasteiger partial charge in [0.1, 0.15) is 5.78 Å². The van der Waals surface area contributed by atoms with Crippen molar-refractivity contribution in [3.8, 4) is 0 Å². The standard InChI is InChI=1S/C30H48O6.C3H7NS/c1-9-12-16-22(11-3)17-18-25-30(7,36-25)19-13-15-21(4)27(33)23(14-10-2)28(34)29(5,6)24(31)20-26(32)35-8;1-3(4)5-2/h9-12,16,21,23-25,27,31,33H,1-2,13-15,17-20H2,3-8H3;4H,1-2H3/b16-12-,22-11+;. The fourth-order valence-electron chi connectivity index (χ4n) is 4.75. The molecule has 0 aliphatic carbocycles. The van der Waals surface area contributed by atoms with Crippen LogP contribution in [0.15, 0.2) is 49.1 Å². The van der Waals surface area contributed by atoms with Crippen LogP contribution in [0.25, 0.3) is 0 Å². The minimum atomic E-state index is -1.21. The molecular formula is C33H55NO6S. The lowest BCUT2D eigenvalue weighted by Gasteiger charge is -2.35. The number of allylic oxidation sites excluding steroid dienone is 6. The molecule has 1 aliphatic heterocycles. The molecule has 3 N–H and O–H groups in total. The molecular weight excluding hydrogens is 538 g/mol. The van der Waals surface area contributed by atoms with Crippen molar-refractivity contribution < 1.29 is 29.3 Å². The van der Waals surface area contributed by atoms with E-state index in [-0.39, 0.29) is 29.8 Å². The molecule has 0 amide bonds. The van der Waals surface area contributed by atoms with Gasteiger partial charge < -0.3 is 19.7 Å². The number of hydrogen-bond acceptors (Lipinski definition) is 8. The molecule has 1 aliphatic rings. The summed E-state index contributed by atoms with van der Waals surface area (Å²) in [4.78, 5) is 25.0. The Kier molecular flexibility index (Phi) is 18.3. The lowest BCUT2D eigenvalue weighted by Crippen LogP contribution is -2.46. The van der Waals surface area contributed by atoms with E-state index in [0.717, 1.165) is 32.1 Å². The maximum atomic E-state index is 13.4. The number of thioether (sulfide) groups is 1. The van der Waals surface area contributed by atoms with E-state index in [1.54, 1.807) is 32.9 Å². The number of aliphatic hydroxyl groups is 2. The van der Waals surface area contributed by atoms with Crippen LogP contribution < -0.4 is 0 Å². The number of ketones is 1. The second kappa shape index (κ2) is 19.2. The lowest BCUT2D eigenvalue weighted by atomic mass is 9.71. The number of carbonyl (C=O) groups is 2. The van der Waals surface area contributed by atoms with Crippen LogP contribution in [0, 0.1) is 22.7 Å². The first-order valence-electron chi connectivity index (χ1n) is 14.4. The van der Waals surface area contributed by atoms with Crippen LogP contribution in [-0.4, -0.2) is 64.3 Å². The number of rotatable bonds is 18. The zero-order chi connectivity index (χ0) is 31.8. The molecule has 0 aromatic carbocycles. The molecule has 0 spiro atoms. The van der Waals surface area contributed by atoms with Gasteiger partial charge in [-0.3, -0.25) is 15.0 Å². The van der Waals surface area contributed by atoms with E-state index >= 15 is 0 Å². The number of carbonyl (C=O) groups excluding carboxylic acids is 2. The third-order valence-electron chi connectivity index (χ3n) is 7.99. The van der Waals surface area contributed by atoms with Crippen molar-refractivity contribution >= 4 is 28.6 Å². The van der Waals surface area contributed by atoms with Gasteiger partial charge >= 0.3 is 5.97 Å². The molecule has 0 saturated carbocycles. The van der Waals surface area contributed by atoms with Crippen LogP contribution in [0.3, 0.4) is 0 Å². The number of esters is 1. The number of nitrogens with one attached hydrogen (secondary N) is 1. The highest BCUT2D eigenvalue weighted by molar-refractivity contribution is 8.13. The lowest BCUT2D eigenvalue weighted by molar-refractivity contribution is -0.149. The summed E-state index contributed by atoms with van der Waals surface area (Å²) in [5.74, 6) is -1.68. The highest BCUT2D eigenvalue weighted by atomic mass is 32.2. The topological polar surface area (TPSA) is 120 Å². The van der Waals surface area contributed by atoms with Crippen molar-refractivity contribution in [2.24, 2.45) is 17.3 Å². The maximum absolute atomic E-state index is 13.4. The first kappa shape index (κ1) is 39.0. The number of ether oxygens (including phenoxy) is 2. The fraction of sp³-hybridized carbons (Fsp3) is 0.667. The summed E-state index contributed by atoms with van der Waals surface area (Å²) in [7, 11) is 1.24. The predicted molar refractivity (Wildman–Crippen MR) is 171 cm³/mol. The Bertz CT molecular complexity index is 927. The van der Waals surface area contributed by atoms with Crippen LogP contribution in [0.5, 0.6) is 0 Å². The van der Waals surface area contributed by atoms with E-state index in [9.17, 15) is 19.8 Å². The quantitative estimate of drug-likeness (QED) is 0.0397. The van der Waals surface area contributed by atoms with Gasteiger partial charge in [-0.25, -0.2) is 0 Å². The Morgan fingerprint density at radius 3 is 2.37 bits per heavy atom. The average Bonchev–Trinajstić information content (AvgIpc) is 3.59. The molecule has 8 heteroatoms. The number of aliphatic hydroxyl groups excluding tert-OH is 2. The molecule has 0 aromatic rings. The monoisotopic (exact) mass is 593 g/mol. The molecule has 0 aromatic heterocycles. The summed E-state index contributed by atoms with van der Waals surface area (Å²) in [5.41, 5.74) is -0.0817. The molecule has 1 rings (SSSR count). The van der Waals surface area contributed by atoms with Crippen LogP contribution in [-0.2, 0) is 19.1 Å². The molecule has 0 bridgehead atoms. The first-order valence-corrected chi connectivity index (χ1v) is 15.7. The Balaban J connectivity index is 0.00000292. The van der Waals surface area contributed by atoms with Gasteiger partial charge in [0.05, 0.1) is 47.9 Å². The summed E-state index contributed by atoms with van der Waals surface area (Å²) in [6.07, 6.45) is 14.0. The van der Waals surface area contributed by atoms with Crippen LogP contribution in [0.2, 0.25) is 0 Å². The molecule has 7 nitrogen and oxygen atoms in total. The third-order valence-corrected chi connectivity index (χ3v) is 8.61.